The molecule has 0 aliphatic carbocycles. The highest BCUT2D eigenvalue weighted by molar-refractivity contribution is 5.96. The lowest BCUT2D eigenvalue weighted by molar-refractivity contribution is -0.118. The first-order valence-corrected chi connectivity index (χ1v) is 8.07. The highest BCUT2D eigenvalue weighted by Gasteiger charge is 2.20. The maximum atomic E-state index is 12.4. The molecule has 1 aliphatic heterocycles. The van der Waals surface area contributed by atoms with Gasteiger partial charge in [-0.05, 0) is 17.7 Å². The molecule has 28 heavy (non-hydrogen) atoms. The third kappa shape index (κ3) is 3.05. The second-order valence-corrected chi connectivity index (χ2v) is 5.93. The van der Waals surface area contributed by atoms with E-state index in [1.54, 1.807) is 18.2 Å². The molecule has 0 atom stereocenters. The Bertz CT molecular complexity index is 1140. The summed E-state index contributed by atoms with van der Waals surface area (Å²) in [5.74, 6) is -2.21. The van der Waals surface area contributed by atoms with Crippen LogP contribution in [0.4, 0.5) is 5.69 Å². The third-order valence-electron chi connectivity index (χ3n) is 4.04. The quantitative estimate of drug-likeness (QED) is 0.504. The van der Waals surface area contributed by atoms with Crippen molar-refractivity contribution < 1.29 is 29.3 Å². The maximum Gasteiger partial charge on any atom is 0.353 e. The molecular weight excluding hydrogens is 370 g/mol. The largest absolute Gasteiger partial charge is 0.493 e. The van der Waals surface area contributed by atoms with Crippen molar-refractivity contribution in [3.63, 3.8) is 0 Å². The van der Waals surface area contributed by atoms with Gasteiger partial charge in [-0.2, -0.15) is 0 Å². The van der Waals surface area contributed by atoms with Gasteiger partial charge in [-0.15, -0.1) is 0 Å². The minimum Gasteiger partial charge on any atom is -0.493 e. The third-order valence-corrected chi connectivity index (χ3v) is 4.04. The molecule has 1 aromatic carbocycles. The Morgan fingerprint density at radius 3 is 2.93 bits per heavy atom. The van der Waals surface area contributed by atoms with E-state index in [1.807, 2.05) is 0 Å². The van der Waals surface area contributed by atoms with Crippen LogP contribution in [0.15, 0.2) is 30.5 Å². The van der Waals surface area contributed by atoms with Crippen molar-refractivity contribution in [1.82, 2.24) is 19.7 Å². The molecule has 4 rings (SSSR count). The van der Waals surface area contributed by atoms with Crippen LogP contribution < -0.4 is 15.4 Å². The van der Waals surface area contributed by atoms with Gasteiger partial charge < -0.3 is 25.6 Å². The maximum absolute atomic E-state index is 12.4. The van der Waals surface area contributed by atoms with Gasteiger partial charge >= 0.3 is 5.97 Å². The molecule has 0 fully saturated rings. The van der Waals surface area contributed by atoms with Crippen LogP contribution >= 0.6 is 0 Å². The number of fused-ring (bicyclic) bond motifs is 2. The molecule has 2 aromatic heterocycles. The first kappa shape index (κ1) is 17.3. The first-order chi connectivity index (χ1) is 13.4. The zero-order valence-electron chi connectivity index (χ0n) is 14.2. The summed E-state index contributed by atoms with van der Waals surface area (Å²) in [6, 6.07) is 6.12. The van der Waals surface area contributed by atoms with Crippen molar-refractivity contribution in [1.29, 1.82) is 0 Å². The average Bonchev–Trinajstić information content (AvgIpc) is 3.05. The number of carbonyl (C=O) groups excluding carboxylic acids is 2. The van der Waals surface area contributed by atoms with E-state index in [1.165, 1.54) is 0 Å². The topological polar surface area (TPSA) is 155 Å². The van der Waals surface area contributed by atoms with Gasteiger partial charge in [-0.25, -0.2) is 19.2 Å². The molecule has 0 spiro atoms. The number of hydrogen-bond donors (Lipinski definition) is 4. The number of ether oxygens (including phenoxy) is 1. The van der Waals surface area contributed by atoms with Gasteiger partial charge in [0.1, 0.15) is 17.1 Å². The molecule has 3 heterocycles. The van der Waals surface area contributed by atoms with E-state index < -0.39 is 17.8 Å². The number of nitrogens with zero attached hydrogens (tertiary/aromatic N) is 3. The zero-order valence-corrected chi connectivity index (χ0v) is 14.2. The van der Waals surface area contributed by atoms with E-state index in [2.05, 4.69) is 20.6 Å². The fourth-order valence-electron chi connectivity index (χ4n) is 2.76. The Hall–Kier alpha value is -4.15. The predicted molar refractivity (Wildman–Crippen MR) is 93.3 cm³/mol. The van der Waals surface area contributed by atoms with E-state index in [9.17, 15) is 24.6 Å². The van der Waals surface area contributed by atoms with Gasteiger partial charge in [-0.1, -0.05) is 6.07 Å². The molecule has 4 N–H and O–H groups in total. The highest BCUT2D eigenvalue weighted by atomic mass is 16.5. The molecule has 0 saturated heterocycles. The number of benzene rings is 1. The average molecular weight is 383 g/mol. The van der Waals surface area contributed by atoms with Gasteiger partial charge in [0.2, 0.25) is 11.7 Å². The number of nitrogens with one attached hydrogen (secondary N) is 2. The van der Waals surface area contributed by atoms with Gasteiger partial charge in [0.05, 0.1) is 11.9 Å². The normalized spacial score (nSPS) is 12.8. The Kier molecular flexibility index (Phi) is 4.03. The smallest absolute Gasteiger partial charge is 0.353 e. The van der Waals surface area contributed by atoms with Gasteiger partial charge in [-0.3, -0.25) is 9.59 Å². The van der Waals surface area contributed by atoms with Crippen molar-refractivity contribution in [2.75, 3.05) is 11.9 Å². The zero-order chi connectivity index (χ0) is 19.8. The molecular formula is C17H13N5O6. The monoisotopic (exact) mass is 383 g/mol. The summed E-state index contributed by atoms with van der Waals surface area (Å²) in [6.07, 6.45) is 1.04. The number of aromatic carboxylic acids is 1. The Morgan fingerprint density at radius 2 is 2.14 bits per heavy atom. The molecule has 0 saturated carbocycles. The van der Waals surface area contributed by atoms with Crippen molar-refractivity contribution in [3.05, 3.63) is 47.4 Å². The van der Waals surface area contributed by atoms with Crippen LogP contribution in [0.3, 0.4) is 0 Å². The van der Waals surface area contributed by atoms with Crippen LogP contribution in [0.2, 0.25) is 0 Å². The standard InChI is InChI=1S/C17H13N5O6/c23-13-7-28-12-2-1-8(3-9(12)20-13)5-18-15(25)10-4-11(16(26)27)22-14(24)6-19-17(22)21-10/h1-4,6,24H,5,7H2,(H,18,25)(H,20,23)(H,26,27). The van der Waals surface area contributed by atoms with Crippen molar-refractivity contribution in [3.8, 4) is 11.6 Å². The van der Waals surface area contributed by atoms with Crippen LogP contribution in [-0.2, 0) is 11.3 Å². The molecule has 11 nitrogen and oxygen atoms in total. The summed E-state index contributed by atoms with van der Waals surface area (Å²) in [7, 11) is 0. The molecule has 1 aliphatic rings. The van der Waals surface area contributed by atoms with Crippen molar-refractivity contribution in [2.45, 2.75) is 6.54 Å². The van der Waals surface area contributed by atoms with Crippen molar-refractivity contribution >= 4 is 29.2 Å². The number of carboxylic acid groups (broad SMARTS) is 1. The Morgan fingerprint density at radius 1 is 1.32 bits per heavy atom. The van der Waals surface area contributed by atoms with Crippen LogP contribution in [0.5, 0.6) is 11.6 Å². The lowest BCUT2D eigenvalue weighted by Crippen LogP contribution is -2.27. The van der Waals surface area contributed by atoms with E-state index >= 15 is 0 Å². The van der Waals surface area contributed by atoms with Crippen LogP contribution in [0.25, 0.3) is 5.78 Å². The second kappa shape index (κ2) is 6.54. The van der Waals surface area contributed by atoms with E-state index in [-0.39, 0.29) is 36.2 Å². The molecule has 3 aromatic rings. The fourth-order valence-corrected chi connectivity index (χ4v) is 2.76. The second-order valence-electron chi connectivity index (χ2n) is 5.93. The van der Waals surface area contributed by atoms with Crippen LogP contribution in [0.1, 0.15) is 26.5 Å². The number of aromatic nitrogens is 3. The number of amides is 2. The van der Waals surface area contributed by atoms with Crippen molar-refractivity contribution in [2.24, 2.45) is 0 Å². The number of imidazole rings is 1. The molecule has 0 unspecified atom stereocenters. The predicted octanol–water partition coefficient (Wildman–Crippen LogP) is 0.394. The van der Waals surface area contributed by atoms with E-state index in [0.29, 0.717) is 17.0 Å². The summed E-state index contributed by atoms with van der Waals surface area (Å²) in [5, 5.41) is 24.3. The lowest BCUT2D eigenvalue weighted by atomic mass is 10.1. The Labute approximate surface area is 156 Å². The number of anilines is 1. The molecule has 0 radical (unpaired) electrons. The molecule has 0 bridgehead atoms. The fraction of sp³-hybridized carbons (Fsp3) is 0.118. The Balaban J connectivity index is 1.55. The SMILES string of the molecule is O=C1COc2ccc(CNC(=O)c3cc(C(=O)O)n4c(O)cnc4n3)cc2N1. The highest BCUT2D eigenvalue weighted by Crippen LogP contribution is 2.28. The summed E-state index contributed by atoms with van der Waals surface area (Å²) >= 11 is 0. The first-order valence-electron chi connectivity index (χ1n) is 8.07. The number of hydrogen-bond acceptors (Lipinski definition) is 7. The molecule has 11 heteroatoms. The minimum absolute atomic E-state index is 0.0491. The van der Waals surface area contributed by atoms with Crippen LogP contribution in [0, 0.1) is 0 Å². The van der Waals surface area contributed by atoms with E-state index in [0.717, 1.165) is 16.7 Å². The number of rotatable bonds is 4. The van der Waals surface area contributed by atoms with Crippen LogP contribution in [-0.4, -0.2) is 49.0 Å². The summed E-state index contributed by atoms with van der Waals surface area (Å²) in [4.78, 5) is 43.0. The number of carbonyl (C=O) groups is 3. The summed E-state index contributed by atoms with van der Waals surface area (Å²) in [6.45, 7) is 0.0589. The number of carboxylic acids is 1. The summed E-state index contributed by atoms with van der Waals surface area (Å²) in [5.41, 5.74) is 0.684. The van der Waals surface area contributed by atoms with E-state index in [4.69, 9.17) is 4.74 Å². The molecule has 142 valence electrons. The summed E-state index contributed by atoms with van der Waals surface area (Å²) < 4.78 is 6.19. The minimum atomic E-state index is -1.35. The van der Waals surface area contributed by atoms with Gasteiger partial charge in [0, 0.05) is 12.6 Å². The van der Waals surface area contributed by atoms with Gasteiger partial charge in [0.15, 0.2) is 6.61 Å². The molecule has 2 amide bonds. The number of aromatic hydroxyl groups is 1. The van der Waals surface area contributed by atoms with Gasteiger partial charge in [0.25, 0.3) is 11.8 Å². The lowest BCUT2D eigenvalue weighted by Gasteiger charge is -2.18.